The van der Waals surface area contributed by atoms with Crippen molar-refractivity contribution < 1.29 is 28.9 Å². The second-order valence-electron chi connectivity index (χ2n) is 9.64. The Bertz CT molecular complexity index is 511. The predicted molar refractivity (Wildman–Crippen MR) is 112 cm³/mol. The highest BCUT2D eigenvalue weighted by Crippen LogP contribution is 2.40. The van der Waals surface area contributed by atoms with Gasteiger partial charge < -0.3 is 19.3 Å². The van der Waals surface area contributed by atoms with Crippen LogP contribution in [0.3, 0.4) is 0 Å². The molecule has 0 spiro atoms. The number of hydrogen-bond donors (Lipinski definition) is 1. The van der Waals surface area contributed by atoms with E-state index in [1.807, 2.05) is 27.7 Å². The van der Waals surface area contributed by atoms with E-state index in [-0.39, 0.29) is 23.5 Å². The van der Waals surface area contributed by atoms with E-state index in [9.17, 15) is 14.7 Å². The summed E-state index contributed by atoms with van der Waals surface area (Å²) in [5.41, 5.74) is -0.762. The third-order valence-corrected chi connectivity index (χ3v) is 7.17. The van der Waals surface area contributed by atoms with Crippen LogP contribution in [0.2, 0.25) is 0 Å². The van der Waals surface area contributed by atoms with E-state index < -0.39 is 5.41 Å². The minimum absolute atomic E-state index is 0.0941. The molecule has 0 bridgehead atoms. The molecular weight excluding hydrogens is 372 g/mol. The zero-order valence-corrected chi connectivity index (χ0v) is 19.5. The highest BCUT2D eigenvalue weighted by atomic mass is 16.5. The number of esters is 2. The number of aliphatic hydroxyl groups is 1. The maximum atomic E-state index is 11.6. The third kappa shape index (κ3) is 6.95. The molecule has 1 N–H and O–H groups in total. The minimum atomic E-state index is -0.408. The van der Waals surface area contributed by atoms with E-state index in [2.05, 4.69) is 0 Å². The summed E-state index contributed by atoms with van der Waals surface area (Å²) in [7, 11) is 4.66. The molecular formula is C23H42O6. The van der Waals surface area contributed by atoms with Gasteiger partial charge in [-0.15, -0.1) is 0 Å². The standard InChI is InChI=1S/C12H22O3.C11H20O3/c1-12(2,11(13)15-4)9-5-7-10(14-3)8-6-9;1-11(2,10(13)14-3)8-4-6-9(12)7-5-8/h9-10H,5-8H2,1-4H3;8-9,12H,4-7H2,1-3H3. The monoisotopic (exact) mass is 414 g/mol. The van der Waals surface area contributed by atoms with Crippen molar-refractivity contribution in [1.29, 1.82) is 0 Å². The summed E-state index contributed by atoms with van der Waals surface area (Å²) in [4.78, 5) is 23.2. The lowest BCUT2D eigenvalue weighted by atomic mass is 9.70. The van der Waals surface area contributed by atoms with Gasteiger partial charge in [0, 0.05) is 7.11 Å². The van der Waals surface area contributed by atoms with Crippen LogP contribution >= 0.6 is 0 Å². The molecule has 0 aliphatic heterocycles. The van der Waals surface area contributed by atoms with Crippen LogP contribution in [0.15, 0.2) is 0 Å². The van der Waals surface area contributed by atoms with Crippen molar-refractivity contribution in [3.05, 3.63) is 0 Å². The second-order valence-corrected chi connectivity index (χ2v) is 9.64. The number of carbonyl (C=O) groups excluding carboxylic acids is 2. The molecule has 2 aliphatic rings. The summed E-state index contributed by atoms with van der Waals surface area (Å²) in [5.74, 6) is 0.539. The molecule has 0 amide bonds. The van der Waals surface area contributed by atoms with Gasteiger partial charge in [-0.1, -0.05) is 0 Å². The van der Waals surface area contributed by atoms with Crippen LogP contribution in [0.5, 0.6) is 0 Å². The lowest BCUT2D eigenvalue weighted by Gasteiger charge is -2.36. The molecule has 0 saturated heterocycles. The Morgan fingerprint density at radius 3 is 1.34 bits per heavy atom. The Morgan fingerprint density at radius 2 is 1.03 bits per heavy atom. The van der Waals surface area contributed by atoms with Crippen molar-refractivity contribution in [2.45, 2.75) is 91.3 Å². The lowest BCUT2D eigenvalue weighted by Crippen LogP contribution is -2.37. The number of rotatable bonds is 5. The van der Waals surface area contributed by atoms with Gasteiger partial charge in [0.2, 0.25) is 0 Å². The summed E-state index contributed by atoms with van der Waals surface area (Å²) in [6.07, 6.45) is 7.90. The van der Waals surface area contributed by atoms with Crippen molar-refractivity contribution in [3.63, 3.8) is 0 Å². The molecule has 0 heterocycles. The fraction of sp³-hybridized carbons (Fsp3) is 0.913. The van der Waals surface area contributed by atoms with Gasteiger partial charge in [0.1, 0.15) is 0 Å². The van der Waals surface area contributed by atoms with E-state index in [4.69, 9.17) is 14.2 Å². The Labute approximate surface area is 176 Å². The summed E-state index contributed by atoms with van der Waals surface area (Å²) >= 11 is 0. The summed E-state index contributed by atoms with van der Waals surface area (Å²) in [6.45, 7) is 7.83. The third-order valence-electron chi connectivity index (χ3n) is 7.17. The molecule has 29 heavy (non-hydrogen) atoms. The Hall–Kier alpha value is -1.14. The molecule has 2 saturated carbocycles. The summed E-state index contributed by atoms with van der Waals surface area (Å²) < 4.78 is 15.0. The topological polar surface area (TPSA) is 82.1 Å². The molecule has 0 aromatic rings. The SMILES string of the molecule is COC(=O)C(C)(C)C1CCC(O)CC1.COC(=O)C(C)(C)C1CCC(OC)CC1. The normalized spacial score (nSPS) is 28.0. The van der Waals surface area contributed by atoms with Gasteiger partial charge in [-0.25, -0.2) is 0 Å². The molecule has 6 heteroatoms. The number of carbonyl (C=O) groups is 2. The zero-order chi connectivity index (χ0) is 22.2. The molecule has 0 atom stereocenters. The Morgan fingerprint density at radius 1 is 0.690 bits per heavy atom. The van der Waals surface area contributed by atoms with Crippen LogP contribution in [0.1, 0.15) is 79.1 Å². The number of ether oxygens (including phenoxy) is 3. The van der Waals surface area contributed by atoms with Crippen LogP contribution in [-0.2, 0) is 23.8 Å². The largest absolute Gasteiger partial charge is 0.469 e. The first-order chi connectivity index (χ1) is 13.5. The summed E-state index contributed by atoms with van der Waals surface area (Å²) in [5, 5.41) is 9.37. The van der Waals surface area contributed by atoms with Crippen LogP contribution < -0.4 is 0 Å². The fourth-order valence-electron chi connectivity index (χ4n) is 4.68. The van der Waals surface area contributed by atoms with Crippen molar-refractivity contribution in [1.82, 2.24) is 0 Å². The first kappa shape index (κ1) is 25.9. The number of methoxy groups -OCH3 is 3. The first-order valence-electron chi connectivity index (χ1n) is 10.9. The quantitative estimate of drug-likeness (QED) is 0.681. The van der Waals surface area contributed by atoms with E-state index >= 15 is 0 Å². The Kier molecular flexibility index (Phi) is 10.1. The predicted octanol–water partition coefficient (Wildman–Crippen LogP) is 4.13. The molecule has 2 fully saturated rings. The van der Waals surface area contributed by atoms with Gasteiger partial charge in [-0.05, 0) is 90.9 Å². The van der Waals surface area contributed by atoms with Gasteiger partial charge in [0.15, 0.2) is 0 Å². The number of hydrogen-bond acceptors (Lipinski definition) is 6. The van der Waals surface area contributed by atoms with Gasteiger partial charge >= 0.3 is 11.9 Å². The molecule has 2 rings (SSSR count). The average molecular weight is 415 g/mol. The average Bonchev–Trinajstić information content (AvgIpc) is 2.73. The van der Waals surface area contributed by atoms with Gasteiger partial charge in [0.25, 0.3) is 0 Å². The fourth-order valence-corrected chi connectivity index (χ4v) is 4.68. The molecule has 0 unspecified atom stereocenters. The molecule has 0 aromatic heterocycles. The van der Waals surface area contributed by atoms with E-state index in [1.165, 1.54) is 14.2 Å². The highest BCUT2D eigenvalue weighted by molar-refractivity contribution is 5.76. The van der Waals surface area contributed by atoms with Crippen molar-refractivity contribution in [3.8, 4) is 0 Å². The van der Waals surface area contributed by atoms with Gasteiger partial charge in [-0.2, -0.15) is 0 Å². The van der Waals surface area contributed by atoms with Crippen molar-refractivity contribution in [2.75, 3.05) is 21.3 Å². The first-order valence-corrected chi connectivity index (χ1v) is 10.9. The van der Waals surface area contributed by atoms with Crippen molar-refractivity contribution in [2.24, 2.45) is 22.7 Å². The van der Waals surface area contributed by atoms with Crippen LogP contribution in [0.4, 0.5) is 0 Å². The number of aliphatic hydroxyl groups excluding tert-OH is 1. The molecule has 2 aliphatic carbocycles. The van der Waals surface area contributed by atoms with Crippen molar-refractivity contribution >= 4 is 11.9 Å². The van der Waals surface area contributed by atoms with Gasteiger partial charge in [-0.3, -0.25) is 9.59 Å². The van der Waals surface area contributed by atoms with E-state index in [0.717, 1.165) is 51.4 Å². The van der Waals surface area contributed by atoms with E-state index in [0.29, 0.717) is 17.9 Å². The smallest absolute Gasteiger partial charge is 0.311 e. The maximum Gasteiger partial charge on any atom is 0.311 e. The second kappa shape index (κ2) is 11.3. The molecule has 0 radical (unpaired) electrons. The van der Waals surface area contributed by atoms with Crippen LogP contribution in [0, 0.1) is 22.7 Å². The molecule has 170 valence electrons. The lowest BCUT2D eigenvalue weighted by molar-refractivity contribution is -0.156. The maximum absolute atomic E-state index is 11.6. The summed E-state index contributed by atoms with van der Waals surface area (Å²) in [6, 6.07) is 0. The van der Waals surface area contributed by atoms with Crippen LogP contribution in [-0.4, -0.2) is 50.6 Å². The zero-order valence-electron chi connectivity index (χ0n) is 19.5. The van der Waals surface area contributed by atoms with Gasteiger partial charge in [0.05, 0.1) is 37.3 Å². The van der Waals surface area contributed by atoms with E-state index in [1.54, 1.807) is 7.11 Å². The molecule has 0 aromatic carbocycles. The Balaban J connectivity index is 0.000000291. The molecule has 6 nitrogen and oxygen atoms in total. The minimum Gasteiger partial charge on any atom is -0.469 e. The highest BCUT2D eigenvalue weighted by Gasteiger charge is 2.40. The van der Waals surface area contributed by atoms with Crippen LogP contribution in [0.25, 0.3) is 0 Å².